The summed E-state index contributed by atoms with van der Waals surface area (Å²) < 4.78 is 38.5. The van der Waals surface area contributed by atoms with E-state index in [1.54, 1.807) is 39.9 Å². The zero-order valence-electron chi connectivity index (χ0n) is 18.9. The Morgan fingerprint density at radius 1 is 0.879 bits per heavy atom. The van der Waals surface area contributed by atoms with Gasteiger partial charge in [-0.05, 0) is 62.4 Å². The molecule has 0 amide bonds. The number of sulfonamides is 1. The van der Waals surface area contributed by atoms with Crippen molar-refractivity contribution in [1.82, 2.24) is 14.2 Å². The summed E-state index contributed by atoms with van der Waals surface area (Å²) in [6.07, 6.45) is 0. The summed E-state index contributed by atoms with van der Waals surface area (Å²) in [6, 6.07) is 14.6. The van der Waals surface area contributed by atoms with E-state index in [1.165, 1.54) is 0 Å². The van der Waals surface area contributed by atoms with Crippen LogP contribution in [-0.2, 0) is 16.6 Å². The van der Waals surface area contributed by atoms with Gasteiger partial charge in [0.1, 0.15) is 16.5 Å². The first-order chi connectivity index (χ1) is 16.0. The second-order valence-corrected chi connectivity index (χ2v) is 10.5. The van der Waals surface area contributed by atoms with Crippen LogP contribution >= 0.6 is 11.3 Å². The number of piperazine rings is 1. The van der Waals surface area contributed by atoms with Crippen molar-refractivity contribution in [3.63, 3.8) is 0 Å². The normalized spacial score (nSPS) is 15.5. The van der Waals surface area contributed by atoms with Crippen molar-refractivity contribution < 1.29 is 17.9 Å². The summed E-state index contributed by atoms with van der Waals surface area (Å²) in [4.78, 5) is 7.34. The molecule has 7 nitrogen and oxygen atoms in total. The maximum atomic E-state index is 13.0. The van der Waals surface area contributed by atoms with Gasteiger partial charge in [0.2, 0.25) is 10.0 Å². The first-order valence-electron chi connectivity index (χ1n) is 11.1. The molecule has 2 aromatic carbocycles. The van der Waals surface area contributed by atoms with Gasteiger partial charge < -0.3 is 9.47 Å². The van der Waals surface area contributed by atoms with Gasteiger partial charge in [-0.25, -0.2) is 13.4 Å². The van der Waals surface area contributed by atoms with Crippen molar-refractivity contribution in [2.24, 2.45) is 0 Å². The number of ether oxygens (including phenoxy) is 2. The molecular weight excluding hydrogens is 458 g/mol. The molecule has 176 valence electrons. The SMILES string of the molecule is CCOc1ccc(-c2nc(CN3CCN(S(=O)(=O)c4ccc(OCC)cc4)CC3)cs2)cc1. The average molecular weight is 488 g/mol. The summed E-state index contributed by atoms with van der Waals surface area (Å²) in [7, 11) is -3.50. The van der Waals surface area contributed by atoms with Crippen molar-refractivity contribution in [2.45, 2.75) is 25.3 Å². The van der Waals surface area contributed by atoms with E-state index in [0.29, 0.717) is 56.6 Å². The van der Waals surface area contributed by atoms with Gasteiger partial charge in [0.25, 0.3) is 0 Å². The zero-order valence-corrected chi connectivity index (χ0v) is 20.6. The predicted molar refractivity (Wildman–Crippen MR) is 130 cm³/mol. The quantitative estimate of drug-likeness (QED) is 0.452. The number of aromatic nitrogens is 1. The molecule has 1 aliphatic rings. The third-order valence-corrected chi connectivity index (χ3v) is 8.31. The minimum Gasteiger partial charge on any atom is -0.494 e. The van der Waals surface area contributed by atoms with Crippen LogP contribution in [0.1, 0.15) is 19.5 Å². The molecule has 33 heavy (non-hydrogen) atoms. The molecule has 0 spiro atoms. The van der Waals surface area contributed by atoms with Crippen LogP contribution in [0, 0.1) is 0 Å². The molecule has 1 fully saturated rings. The molecule has 0 bridgehead atoms. The van der Waals surface area contributed by atoms with Crippen molar-refractivity contribution in [3.05, 3.63) is 59.6 Å². The standard InChI is InChI=1S/C24H29N3O4S2/c1-3-30-21-7-5-19(6-8-21)24-25-20(18-32-24)17-26-13-15-27(16-14-26)33(28,29)23-11-9-22(10-12-23)31-4-2/h5-12,18H,3-4,13-17H2,1-2H3. The molecular formula is C24H29N3O4S2. The minimum atomic E-state index is -3.50. The van der Waals surface area contributed by atoms with Crippen molar-refractivity contribution in [1.29, 1.82) is 0 Å². The first-order valence-corrected chi connectivity index (χ1v) is 13.4. The largest absolute Gasteiger partial charge is 0.494 e. The lowest BCUT2D eigenvalue weighted by atomic mass is 10.2. The number of thiazole rings is 1. The van der Waals surface area contributed by atoms with Crippen LogP contribution in [-0.4, -0.2) is 62.0 Å². The molecule has 0 atom stereocenters. The predicted octanol–water partition coefficient (Wildman–Crippen LogP) is 4.11. The Morgan fingerprint density at radius 2 is 1.45 bits per heavy atom. The molecule has 9 heteroatoms. The fraction of sp³-hybridized carbons (Fsp3) is 0.375. The van der Waals surface area contributed by atoms with Crippen LogP contribution in [0.3, 0.4) is 0 Å². The van der Waals surface area contributed by atoms with E-state index in [4.69, 9.17) is 14.5 Å². The molecule has 0 unspecified atom stereocenters. The summed E-state index contributed by atoms with van der Waals surface area (Å²) >= 11 is 1.62. The van der Waals surface area contributed by atoms with Gasteiger partial charge in [0.05, 0.1) is 23.8 Å². The van der Waals surface area contributed by atoms with Gasteiger partial charge in [0, 0.05) is 43.7 Å². The first kappa shape index (κ1) is 23.7. The van der Waals surface area contributed by atoms with Gasteiger partial charge in [-0.2, -0.15) is 4.31 Å². The molecule has 0 saturated carbocycles. The van der Waals surface area contributed by atoms with Crippen LogP contribution < -0.4 is 9.47 Å². The lowest BCUT2D eigenvalue weighted by molar-refractivity contribution is 0.180. The molecule has 1 aliphatic heterocycles. The van der Waals surface area contributed by atoms with E-state index in [2.05, 4.69) is 10.3 Å². The third kappa shape index (κ3) is 5.73. The smallest absolute Gasteiger partial charge is 0.243 e. The number of benzene rings is 2. The lowest BCUT2D eigenvalue weighted by Gasteiger charge is -2.33. The van der Waals surface area contributed by atoms with Crippen molar-refractivity contribution in [2.75, 3.05) is 39.4 Å². The lowest BCUT2D eigenvalue weighted by Crippen LogP contribution is -2.48. The molecule has 1 aromatic heterocycles. The number of hydrogen-bond donors (Lipinski definition) is 0. The molecule has 3 aromatic rings. The van der Waals surface area contributed by atoms with Gasteiger partial charge in [0.15, 0.2) is 0 Å². The molecule has 0 radical (unpaired) electrons. The van der Waals surface area contributed by atoms with Gasteiger partial charge in [-0.1, -0.05) is 0 Å². The average Bonchev–Trinajstić information content (AvgIpc) is 3.29. The minimum absolute atomic E-state index is 0.305. The fourth-order valence-electron chi connectivity index (χ4n) is 3.75. The maximum absolute atomic E-state index is 13.0. The van der Waals surface area contributed by atoms with Crippen LogP contribution in [0.25, 0.3) is 10.6 Å². The number of nitrogens with zero attached hydrogens (tertiary/aromatic N) is 3. The van der Waals surface area contributed by atoms with Crippen molar-refractivity contribution >= 4 is 21.4 Å². The molecule has 0 aliphatic carbocycles. The third-order valence-electron chi connectivity index (χ3n) is 5.45. The highest BCUT2D eigenvalue weighted by molar-refractivity contribution is 7.89. The topological polar surface area (TPSA) is 72.0 Å². The summed E-state index contributed by atoms with van der Waals surface area (Å²) in [5, 5.41) is 3.05. The molecule has 1 saturated heterocycles. The van der Waals surface area contributed by atoms with Crippen LogP contribution in [0.15, 0.2) is 58.8 Å². The van der Waals surface area contributed by atoms with Crippen LogP contribution in [0.5, 0.6) is 11.5 Å². The molecule has 4 rings (SSSR count). The van der Waals surface area contributed by atoms with Crippen molar-refractivity contribution in [3.8, 4) is 22.1 Å². The Bertz CT molecular complexity index is 1140. The van der Waals surface area contributed by atoms with E-state index in [-0.39, 0.29) is 0 Å². The highest BCUT2D eigenvalue weighted by Gasteiger charge is 2.28. The summed E-state index contributed by atoms with van der Waals surface area (Å²) in [5.41, 5.74) is 2.08. The van der Waals surface area contributed by atoms with E-state index in [9.17, 15) is 8.42 Å². The Kier molecular flexibility index (Phi) is 7.64. The fourth-order valence-corrected chi connectivity index (χ4v) is 5.99. The molecule has 2 heterocycles. The monoisotopic (exact) mass is 487 g/mol. The Labute approximate surface area is 199 Å². The Balaban J connectivity index is 1.33. The summed E-state index contributed by atoms with van der Waals surface area (Å²) in [5.74, 6) is 1.53. The van der Waals surface area contributed by atoms with E-state index >= 15 is 0 Å². The van der Waals surface area contributed by atoms with Gasteiger partial charge in [-0.3, -0.25) is 4.90 Å². The molecule has 0 N–H and O–H groups in total. The Hall–Kier alpha value is -2.46. The van der Waals surface area contributed by atoms with Crippen LogP contribution in [0.2, 0.25) is 0 Å². The van der Waals surface area contributed by atoms with Gasteiger partial charge in [-0.15, -0.1) is 11.3 Å². The second-order valence-electron chi connectivity index (χ2n) is 7.69. The maximum Gasteiger partial charge on any atom is 0.243 e. The Morgan fingerprint density at radius 3 is 2.03 bits per heavy atom. The number of rotatable bonds is 9. The highest BCUT2D eigenvalue weighted by Crippen LogP contribution is 2.27. The number of hydrogen-bond acceptors (Lipinski definition) is 7. The van der Waals surface area contributed by atoms with E-state index in [0.717, 1.165) is 22.0 Å². The second kappa shape index (κ2) is 10.6. The van der Waals surface area contributed by atoms with Crippen LogP contribution in [0.4, 0.5) is 0 Å². The highest BCUT2D eigenvalue weighted by atomic mass is 32.2. The van der Waals surface area contributed by atoms with E-state index < -0.39 is 10.0 Å². The van der Waals surface area contributed by atoms with E-state index in [1.807, 2.05) is 38.1 Å². The summed E-state index contributed by atoms with van der Waals surface area (Å²) in [6.45, 7) is 8.05. The zero-order chi connectivity index (χ0) is 23.3. The van der Waals surface area contributed by atoms with Gasteiger partial charge >= 0.3 is 0 Å².